The van der Waals surface area contributed by atoms with Crippen LogP contribution in [0.25, 0.3) is 0 Å². The van der Waals surface area contributed by atoms with Gasteiger partial charge in [-0.05, 0) is 24.3 Å². The molecule has 0 atom stereocenters. The number of phenols is 1. The molecule has 0 aliphatic carbocycles. The Bertz CT molecular complexity index is 446. The Hall–Kier alpha value is -2.03. The minimum Gasteiger partial charge on any atom is -0.507 e. The number of phenolic OH excluding ortho intramolecular Hbond substituents is 1. The number of nitrogens with one attached hydrogen (secondary N) is 1. The lowest BCUT2D eigenvalue weighted by Gasteiger charge is -2.06. The lowest BCUT2D eigenvalue weighted by Crippen LogP contribution is -2.09. The van der Waals surface area contributed by atoms with Crippen LogP contribution >= 0.6 is 0 Å². The zero-order chi connectivity index (χ0) is 9.97. The number of hydrogen-bond acceptors (Lipinski definition) is 2. The fourth-order valence-electron chi connectivity index (χ4n) is 1.30. The lowest BCUT2D eigenvalue weighted by atomic mass is 10.2. The molecule has 2 aromatic rings. The molecule has 0 amide bonds. The molecule has 0 saturated heterocycles. The van der Waals surface area contributed by atoms with Gasteiger partial charge in [0.25, 0.3) is 0 Å². The molecule has 0 aliphatic heterocycles. The van der Waals surface area contributed by atoms with E-state index in [0.29, 0.717) is 5.56 Å². The first-order valence-electron chi connectivity index (χ1n) is 4.29. The Morgan fingerprint density at radius 1 is 1.07 bits per heavy atom. The monoisotopic (exact) mass is 186 g/mol. The van der Waals surface area contributed by atoms with Crippen LogP contribution in [0, 0.1) is 5.41 Å². The van der Waals surface area contributed by atoms with E-state index in [1.54, 1.807) is 41.2 Å². The van der Waals surface area contributed by atoms with Crippen LogP contribution in [0.15, 0.2) is 48.8 Å². The van der Waals surface area contributed by atoms with Crippen molar-refractivity contribution in [2.75, 3.05) is 0 Å². The van der Waals surface area contributed by atoms with Crippen LogP contribution in [0.1, 0.15) is 5.56 Å². The van der Waals surface area contributed by atoms with Crippen molar-refractivity contribution in [1.29, 1.82) is 5.41 Å². The minimum absolute atomic E-state index is 0.131. The molecule has 1 aromatic heterocycles. The molecule has 0 spiro atoms. The molecule has 0 unspecified atom stereocenters. The summed E-state index contributed by atoms with van der Waals surface area (Å²) < 4.78 is 1.65. The Morgan fingerprint density at radius 3 is 2.36 bits per heavy atom. The van der Waals surface area contributed by atoms with Gasteiger partial charge in [0.05, 0.1) is 5.56 Å². The van der Waals surface area contributed by atoms with E-state index >= 15 is 0 Å². The quantitative estimate of drug-likeness (QED) is 0.519. The summed E-state index contributed by atoms with van der Waals surface area (Å²) in [6.07, 6.45) is 3.55. The summed E-state index contributed by atoms with van der Waals surface area (Å²) in [7, 11) is 0. The highest BCUT2D eigenvalue weighted by molar-refractivity contribution is 6.00. The van der Waals surface area contributed by atoms with Gasteiger partial charge < -0.3 is 9.67 Å². The summed E-state index contributed by atoms with van der Waals surface area (Å²) >= 11 is 0. The number of nitrogens with zero attached hydrogens (tertiary/aromatic N) is 1. The zero-order valence-corrected chi connectivity index (χ0v) is 7.51. The predicted molar refractivity (Wildman–Crippen MR) is 54.8 cm³/mol. The van der Waals surface area contributed by atoms with E-state index in [-0.39, 0.29) is 11.6 Å². The first-order valence-corrected chi connectivity index (χ1v) is 4.29. The van der Waals surface area contributed by atoms with E-state index in [2.05, 4.69) is 0 Å². The van der Waals surface area contributed by atoms with E-state index in [9.17, 15) is 5.11 Å². The van der Waals surface area contributed by atoms with Crippen molar-refractivity contribution in [3.63, 3.8) is 0 Å². The van der Waals surface area contributed by atoms with Gasteiger partial charge in [-0.25, -0.2) is 0 Å². The van der Waals surface area contributed by atoms with E-state index < -0.39 is 0 Å². The second kappa shape index (κ2) is 3.38. The second-order valence-corrected chi connectivity index (χ2v) is 2.96. The fourth-order valence-corrected chi connectivity index (χ4v) is 1.30. The van der Waals surface area contributed by atoms with Crippen molar-refractivity contribution in [1.82, 2.24) is 4.57 Å². The smallest absolute Gasteiger partial charge is 0.140 e. The molecule has 3 heteroatoms. The molecule has 1 aromatic carbocycles. The van der Waals surface area contributed by atoms with E-state index in [0.717, 1.165) is 0 Å². The number of benzene rings is 1. The third-order valence-corrected chi connectivity index (χ3v) is 2.02. The number of aromatic hydroxyl groups is 1. The van der Waals surface area contributed by atoms with Gasteiger partial charge in [-0.3, -0.25) is 5.41 Å². The maximum absolute atomic E-state index is 9.53. The summed E-state index contributed by atoms with van der Waals surface area (Å²) in [4.78, 5) is 0. The fraction of sp³-hybridized carbons (Fsp3) is 0. The van der Waals surface area contributed by atoms with Crippen LogP contribution in [-0.2, 0) is 0 Å². The molecule has 0 aliphatic rings. The van der Waals surface area contributed by atoms with Crippen LogP contribution in [0.5, 0.6) is 5.75 Å². The highest BCUT2D eigenvalue weighted by atomic mass is 16.3. The zero-order valence-electron chi connectivity index (χ0n) is 7.51. The number of para-hydroxylation sites is 1. The number of aromatic nitrogens is 1. The Labute approximate surface area is 81.8 Å². The molecule has 0 fully saturated rings. The molecule has 70 valence electrons. The van der Waals surface area contributed by atoms with Crippen molar-refractivity contribution < 1.29 is 5.11 Å². The molecule has 0 bridgehead atoms. The largest absolute Gasteiger partial charge is 0.507 e. The van der Waals surface area contributed by atoms with Crippen LogP contribution < -0.4 is 0 Å². The van der Waals surface area contributed by atoms with Gasteiger partial charge in [0.15, 0.2) is 0 Å². The van der Waals surface area contributed by atoms with Gasteiger partial charge in [-0.15, -0.1) is 0 Å². The van der Waals surface area contributed by atoms with Gasteiger partial charge in [-0.1, -0.05) is 12.1 Å². The average molecular weight is 186 g/mol. The maximum Gasteiger partial charge on any atom is 0.140 e. The van der Waals surface area contributed by atoms with E-state index in [1.807, 2.05) is 12.1 Å². The van der Waals surface area contributed by atoms with E-state index in [1.165, 1.54) is 0 Å². The SMILES string of the molecule is N=C(c1ccccc1O)n1cccc1. The highest BCUT2D eigenvalue weighted by Gasteiger charge is 2.06. The topological polar surface area (TPSA) is 49.0 Å². The molecule has 3 nitrogen and oxygen atoms in total. The lowest BCUT2D eigenvalue weighted by molar-refractivity contribution is 0.474. The highest BCUT2D eigenvalue weighted by Crippen LogP contribution is 2.16. The van der Waals surface area contributed by atoms with Crippen LogP contribution in [0.4, 0.5) is 0 Å². The molecule has 1 heterocycles. The molecule has 2 N–H and O–H groups in total. The molecular formula is C11H10N2O. The summed E-state index contributed by atoms with van der Waals surface area (Å²) in [6, 6.07) is 10.5. The third kappa shape index (κ3) is 1.40. The minimum atomic E-state index is 0.131. The summed E-state index contributed by atoms with van der Waals surface area (Å²) in [6.45, 7) is 0. The summed E-state index contributed by atoms with van der Waals surface area (Å²) in [5.74, 6) is 0.402. The van der Waals surface area contributed by atoms with Crippen molar-refractivity contribution >= 4 is 5.84 Å². The number of hydrogen-bond donors (Lipinski definition) is 2. The summed E-state index contributed by atoms with van der Waals surface area (Å²) in [5, 5.41) is 17.4. The van der Waals surface area contributed by atoms with Gasteiger partial charge in [0.1, 0.15) is 11.6 Å². The Morgan fingerprint density at radius 2 is 1.71 bits per heavy atom. The molecular weight excluding hydrogens is 176 g/mol. The standard InChI is InChI=1S/C11H10N2O/c12-11(13-7-3-4-8-13)9-5-1-2-6-10(9)14/h1-8,12,14H. The Kier molecular flexibility index (Phi) is 2.07. The Balaban J connectivity index is 2.42. The predicted octanol–water partition coefficient (Wildman–Crippen LogP) is 2.07. The van der Waals surface area contributed by atoms with Gasteiger partial charge in [-0.2, -0.15) is 0 Å². The van der Waals surface area contributed by atoms with Crippen LogP contribution in [0.2, 0.25) is 0 Å². The molecule has 2 rings (SSSR count). The van der Waals surface area contributed by atoms with Crippen LogP contribution in [-0.4, -0.2) is 15.5 Å². The summed E-state index contributed by atoms with van der Waals surface area (Å²) in [5.41, 5.74) is 0.531. The maximum atomic E-state index is 9.53. The number of rotatable bonds is 1. The second-order valence-electron chi connectivity index (χ2n) is 2.96. The average Bonchev–Trinajstić information content (AvgIpc) is 2.70. The first-order chi connectivity index (χ1) is 6.79. The van der Waals surface area contributed by atoms with E-state index in [4.69, 9.17) is 5.41 Å². The van der Waals surface area contributed by atoms with Crippen molar-refractivity contribution in [2.24, 2.45) is 0 Å². The normalized spacial score (nSPS) is 10.0. The van der Waals surface area contributed by atoms with Crippen LogP contribution in [0.3, 0.4) is 0 Å². The van der Waals surface area contributed by atoms with Gasteiger partial charge in [0, 0.05) is 12.4 Å². The van der Waals surface area contributed by atoms with Gasteiger partial charge >= 0.3 is 0 Å². The van der Waals surface area contributed by atoms with Crippen molar-refractivity contribution in [2.45, 2.75) is 0 Å². The third-order valence-electron chi connectivity index (χ3n) is 2.02. The molecule has 14 heavy (non-hydrogen) atoms. The first kappa shape index (κ1) is 8.56. The van der Waals surface area contributed by atoms with Crippen molar-refractivity contribution in [3.8, 4) is 5.75 Å². The molecule has 0 radical (unpaired) electrons. The van der Waals surface area contributed by atoms with Gasteiger partial charge in [0.2, 0.25) is 0 Å². The van der Waals surface area contributed by atoms with Crippen molar-refractivity contribution in [3.05, 3.63) is 54.4 Å². The molecule has 0 saturated carbocycles.